The van der Waals surface area contributed by atoms with Crippen molar-refractivity contribution >= 4 is 17.6 Å². The minimum atomic E-state index is -0.150. The maximum Gasteiger partial charge on any atom is 0.325 e. The summed E-state index contributed by atoms with van der Waals surface area (Å²) in [6, 6.07) is 9.24. The van der Waals surface area contributed by atoms with Crippen LogP contribution in [-0.2, 0) is 4.79 Å². The Hall–Kier alpha value is -3.56. The highest BCUT2D eigenvalue weighted by molar-refractivity contribution is 5.96. The number of piperidine rings is 1. The third-order valence-electron chi connectivity index (χ3n) is 5.75. The Morgan fingerprint density at radius 3 is 2.55 bits per heavy atom. The molecule has 176 valence electrons. The van der Waals surface area contributed by atoms with E-state index in [0.29, 0.717) is 51.5 Å². The summed E-state index contributed by atoms with van der Waals surface area (Å²) < 4.78 is 16.4. The fourth-order valence-electron chi connectivity index (χ4n) is 4.00. The first-order valence-corrected chi connectivity index (χ1v) is 11.2. The minimum Gasteiger partial charge on any atom is -0.494 e. The van der Waals surface area contributed by atoms with Gasteiger partial charge in [-0.15, -0.1) is 0 Å². The lowest BCUT2D eigenvalue weighted by molar-refractivity contribution is -0.133. The smallest absolute Gasteiger partial charge is 0.325 e. The van der Waals surface area contributed by atoms with Gasteiger partial charge in [0.1, 0.15) is 18.4 Å². The van der Waals surface area contributed by atoms with Crippen LogP contribution in [0, 0.1) is 0 Å². The summed E-state index contributed by atoms with van der Waals surface area (Å²) in [5, 5.41) is 0. The van der Waals surface area contributed by atoms with E-state index in [0.717, 1.165) is 11.4 Å². The quantitative estimate of drug-likeness (QED) is 0.602. The number of urea groups is 1. The van der Waals surface area contributed by atoms with Crippen LogP contribution in [0.2, 0.25) is 0 Å². The number of ether oxygens (including phenoxy) is 3. The number of hydrogen-bond donors (Lipinski definition) is 0. The van der Waals surface area contributed by atoms with Crippen LogP contribution in [0.5, 0.6) is 17.6 Å². The number of methoxy groups -OCH3 is 1. The predicted octanol–water partition coefficient (Wildman–Crippen LogP) is 2.20. The van der Waals surface area contributed by atoms with Crippen LogP contribution in [-0.4, -0.2) is 84.3 Å². The number of carbonyl (C=O) groups is 2. The largest absolute Gasteiger partial charge is 0.494 e. The number of hydrogen-bond acceptors (Lipinski definition) is 7. The Morgan fingerprint density at radius 1 is 1.09 bits per heavy atom. The Balaban J connectivity index is 1.25. The zero-order chi connectivity index (χ0) is 23.2. The normalized spacial score (nSPS) is 16.8. The molecule has 1 aromatic carbocycles. The Morgan fingerprint density at radius 2 is 1.85 bits per heavy atom. The van der Waals surface area contributed by atoms with Crippen molar-refractivity contribution in [1.29, 1.82) is 0 Å². The molecule has 1 aromatic heterocycles. The molecule has 2 aromatic rings. The van der Waals surface area contributed by atoms with Crippen molar-refractivity contribution in [2.75, 3.05) is 51.3 Å². The van der Waals surface area contributed by atoms with E-state index >= 15 is 0 Å². The minimum absolute atomic E-state index is 0.0303. The fourth-order valence-corrected chi connectivity index (χ4v) is 4.00. The average Bonchev–Trinajstić information content (AvgIpc) is 3.20. The monoisotopic (exact) mass is 455 g/mol. The molecule has 2 fully saturated rings. The van der Waals surface area contributed by atoms with E-state index < -0.39 is 0 Å². The number of likely N-dealkylation sites (tertiary alicyclic amines) is 1. The molecule has 33 heavy (non-hydrogen) atoms. The van der Waals surface area contributed by atoms with Crippen molar-refractivity contribution in [3.8, 4) is 17.6 Å². The summed E-state index contributed by atoms with van der Waals surface area (Å²) in [7, 11) is 1.51. The van der Waals surface area contributed by atoms with Crippen molar-refractivity contribution in [2.24, 2.45) is 0 Å². The average molecular weight is 456 g/mol. The van der Waals surface area contributed by atoms with Gasteiger partial charge in [-0.25, -0.2) is 9.78 Å². The standard InChI is InChI=1S/C23H29N5O5/c1-3-32-18-6-4-17(5-7-18)28-15-14-27(23(28)30)16-21(29)26-12-9-19(10-13-26)33-20-8-11-24-22(25-20)31-2/h4-8,11,19H,3,9-10,12-16H2,1-2H3. The van der Waals surface area contributed by atoms with E-state index in [1.807, 2.05) is 31.2 Å². The summed E-state index contributed by atoms with van der Waals surface area (Å²) in [5.74, 6) is 1.19. The molecule has 0 unspecified atom stereocenters. The zero-order valence-electron chi connectivity index (χ0n) is 19.0. The summed E-state index contributed by atoms with van der Waals surface area (Å²) in [6.07, 6.45) is 2.95. The first kappa shape index (κ1) is 22.6. The highest BCUT2D eigenvalue weighted by Gasteiger charge is 2.33. The van der Waals surface area contributed by atoms with Gasteiger partial charge in [-0.3, -0.25) is 9.69 Å². The van der Waals surface area contributed by atoms with Crippen molar-refractivity contribution in [3.05, 3.63) is 36.5 Å². The van der Waals surface area contributed by atoms with Crippen LogP contribution < -0.4 is 19.1 Å². The van der Waals surface area contributed by atoms with Crippen molar-refractivity contribution in [1.82, 2.24) is 19.8 Å². The molecule has 0 radical (unpaired) electrons. The van der Waals surface area contributed by atoms with Gasteiger partial charge in [0.15, 0.2) is 0 Å². The molecule has 0 saturated carbocycles. The van der Waals surface area contributed by atoms with Crippen LogP contribution in [0.25, 0.3) is 0 Å². The molecule has 10 nitrogen and oxygen atoms in total. The van der Waals surface area contributed by atoms with E-state index in [-0.39, 0.29) is 30.6 Å². The molecule has 0 N–H and O–H groups in total. The third-order valence-corrected chi connectivity index (χ3v) is 5.75. The highest BCUT2D eigenvalue weighted by atomic mass is 16.5. The van der Waals surface area contributed by atoms with Crippen LogP contribution in [0.3, 0.4) is 0 Å². The highest BCUT2D eigenvalue weighted by Crippen LogP contribution is 2.24. The van der Waals surface area contributed by atoms with Crippen LogP contribution in [0.15, 0.2) is 36.5 Å². The fraction of sp³-hybridized carbons (Fsp3) is 0.478. The molecule has 3 heterocycles. The predicted molar refractivity (Wildman–Crippen MR) is 121 cm³/mol. The molecule has 2 saturated heterocycles. The number of benzene rings is 1. The number of nitrogens with zero attached hydrogens (tertiary/aromatic N) is 5. The van der Waals surface area contributed by atoms with E-state index in [2.05, 4.69) is 9.97 Å². The second-order valence-corrected chi connectivity index (χ2v) is 7.86. The Bertz CT molecular complexity index is 962. The van der Waals surface area contributed by atoms with Gasteiger partial charge in [0.2, 0.25) is 11.8 Å². The van der Waals surface area contributed by atoms with Gasteiger partial charge in [0.25, 0.3) is 0 Å². The third kappa shape index (κ3) is 5.44. The van der Waals surface area contributed by atoms with Crippen LogP contribution >= 0.6 is 0 Å². The summed E-state index contributed by atoms with van der Waals surface area (Å²) in [6.45, 7) is 4.84. The molecule has 3 amide bonds. The van der Waals surface area contributed by atoms with Gasteiger partial charge in [0, 0.05) is 57.0 Å². The van der Waals surface area contributed by atoms with Gasteiger partial charge in [0.05, 0.1) is 13.7 Å². The second-order valence-electron chi connectivity index (χ2n) is 7.86. The molecule has 4 rings (SSSR count). The Kier molecular flexibility index (Phi) is 7.11. The lowest BCUT2D eigenvalue weighted by atomic mass is 10.1. The lowest BCUT2D eigenvalue weighted by Gasteiger charge is -2.32. The van der Waals surface area contributed by atoms with Gasteiger partial charge in [-0.2, -0.15) is 4.98 Å². The van der Waals surface area contributed by atoms with E-state index in [9.17, 15) is 9.59 Å². The maximum absolute atomic E-state index is 12.8. The maximum atomic E-state index is 12.8. The summed E-state index contributed by atoms with van der Waals surface area (Å²) in [4.78, 5) is 38.9. The second kappa shape index (κ2) is 10.4. The topological polar surface area (TPSA) is 97.3 Å². The molecular formula is C23H29N5O5. The first-order valence-electron chi connectivity index (χ1n) is 11.2. The number of anilines is 1. The molecule has 10 heteroatoms. The van der Waals surface area contributed by atoms with Crippen LogP contribution in [0.1, 0.15) is 19.8 Å². The molecular weight excluding hydrogens is 426 g/mol. The summed E-state index contributed by atoms with van der Waals surface area (Å²) >= 11 is 0. The first-order chi connectivity index (χ1) is 16.1. The van der Waals surface area contributed by atoms with Gasteiger partial charge >= 0.3 is 12.0 Å². The SMILES string of the molecule is CCOc1ccc(N2CCN(CC(=O)N3CCC(Oc4ccnc(OC)n4)CC3)C2=O)cc1. The van der Waals surface area contributed by atoms with E-state index in [1.54, 1.807) is 27.0 Å². The van der Waals surface area contributed by atoms with Crippen molar-refractivity contribution < 1.29 is 23.8 Å². The molecule has 0 spiro atoms. The molecule has 0 atom stereocenters. The van der Waals surface area contributed by atoms with Crippen molar-refractivity contribution in [3.63, 3.8) is 0 Å². The lowest BCUT2D eigenvalue weighted by Crippen LogP contribution is -2.47. The zero-order valence-corrected chi connectivity index (χ0v) is 19.0. The Labute approximate surface area is 193 Å². The van der Waals surface area contributed by atoms with Gasteiger partial charge < -0.3 is 24.0 Å². The number of rotatable bonds is 8. The van der Waals surface area contributed by atoms with E-state index in [1.165, 1.54) is 7.11 Å². The van der Waals surface area contributed by atoms with E-state index in [4.69, 9.17) is 14.2 Å². The molecule has 0 bridgehead atoms. The number of carbonyl (C=O) groups excluding carboxylic acids is 2. The number of amides is 3. The van der Waals surface area contributed by atoms with Gasteiger partial charge in [-0.1, -0.05) is 0 Å². The molecule has 0 aliphatic carbocycles. The molecule has 2 aliphatic rings. The molecule has 2 aliphatic heterocycles. The summed E-state index contributed by atoms with van der Waals surface area (Å²) in [5.41, 5.74) is 0.803. The van der Waals surface area contributed by atoms with Crippen LogP contribution in [0.4, 0.5) is 10.5 Å². The van der Waals surface area contributed by atoms with Gasteiger partial charge in [-0.05, 0) is 31.2 Å². The number of aromatic nitrogens is 2. The van der Waals surface area contributed by atoms with Crippen molar-refractivity contribution in [2.45, 2.75) is 25.9 Å².